The van der Waals surface area contributed by atoms with E-state index in [1.165, 1.54) is 24.3 Å². The van der Waals surface area contributed by atoms with Crippen molar-refractivity contribution in [2.45, 2.75) is 76.2 Å². The first-order valence-electron chi connectivity index (χ1n) is 13.7. The number of amides is 4. The number of phenols is 1. The van der Waals surface area contributed by atoms with Crippen LogP contribution in [0.3, 0.4) is 0 Å². The molecular formula is C27H44N6O9. The third-order valence-corrected chi connectivity index (χ3v) is 6.27. The molecule has 0 unspecified atom stereocenters. The van der Waals surface area contributed by atoms with Gasteiger partial charge in [-0.15, -0.1) is 0 Å². The molecule has 1 aromatic rings. The molecule has 0 radical (unpaired) electrons. The van der Waals surface area contributed by atoms with Crippen molar-refractivity contribution in [2.75, 3.05) is 19.8 Å². The van der Waals surface area contributed by atoms with E-state index in [0.717, 1.165) is 0 Å². The van der Waals surface area contributed by atoms with Gasteiger partial charge in [-0.3, -0.25) is 19.2 Å². The topological polar surface area (TPSA) is 266 Å². The number of nitrogens with two attached hydrogens (primary N) is 2. The Bertz CT molecular complexity index is 1040. The Morgan fingerprint density at radius 1 is 0.762 bits per heavy atom. The predicted molar refractivity (Wildman–Crippen MR) is 152 cm³/mol. The van der Waals surface area contributed by atoms with Gasteiger partial charge in [0.05, 0.1) is 19.3 Å². The molecule has 0 fully saturated rings. The molecule has 5 atom stereocenters. The Morgan fingerprint density at radius 2 is 1.26 bits per heavy atom. The largest absolute Gasteiger partial charge is 0.508 e. The molecular weight excluding hydrogens is 552 g/mol. The molecule has 4 amide bonds. The van der Waals surface area contributed by atoms with Crippen LogP contribution in [-0.4, -0.2) is 100.0 Å². The average molecular weight is 597 g/mol. The van der Waals surface area contributed by atoms with Crippen molar-refractivity contribution in [3.63, 3.8) is 0 Å². The van der Waals surface area contributed by atoms with Gasteiger partial charge < -0.3 is 53.2 Å². The number of rotatable bonds is 19. The number of hydrogen-bond donors (Lipinski definition) is 10. The van der Waals surface area contributed by atoms with Crippen molar-refractivity contribution in [3.05, 3.63) is 29.8 Å². The normalized spacial score (nSPS) is 14.6. The fourth-order valence-electron chi connectivity index (χ4n) is 3.89. The number of hydrogen-bond acceptors (Lipinski definition) is 10. The van der Waals surface area contributed by atoms with Crippen LogP contribution < -0.4 is 32.7 Å². The highest BCUT2D eigenvalue weighted by Crippen LogP contribution is 2.13. The van der Waals surface area contributed by atoms with Crippen molar-refractivity contribution < 1.29 is 44.4 Å². The Labute approximate surface area is 244 Å². The first-order valence-corrected chi connectivity index (χ1v) is 13.7. The Hall–Kier alpha value is -3.79. The minimum Gasteiger partial charge on any atom is -0.508 e. The highest BCUT2D eigenvalue weighted by atomic mass is 16.4. The Morgan fingerprint density at radius 3 is 1.79 bits per heavy atom. The second-order valence-electron chi connectivity index (χ2n) is 10.3. The van der Waals surface area contributed by atoms with Crippen LogP contribution in [0.5, 0.6) is 5.75 Å². The minimum atomic E-state index is -1.67. The lowest BCUT2D eigenvalue weighted by Gasteiger charge is -2.26. The van der Waals surface area contributed by atoms with Crippen molar-refractivity contribution >= 4 is 29.6 Å². The van der Waals surface area contributed by atoms with Crippen molar-refractivity contribution in [3.8, 4) is 5.75 Å². The van der Waals surface area contributed by atoms with Gasteiger partial charge in [-0.1, -0.05) is 32.4 Å². The van der Waals surface area contributed by atoms with Crippen LogP contribution in [0, 0.1) is 5.92 Å². The van der Waals surface area contributed by atoms with Gasteiger partial charge in [0, 0.05) is 6.42 Å². The summed E-state index contributed by atoms with van der Waals surface area (Å²) < 4.78 is 0. The molecule has 0 aliphatic rings. The first-order chi connectivity index (χ1) is 19.8. The number of aromatic hydroxyl groups is 1. The summed E-state index contributed by atoms with van der Waals surface area (Å²) in [5.41, 5.74) is 12.0. The number of carboxylic acids is 1. The van der Waals surface area contributed by atoms with Crippen LogP contribution in [0.15, 0.2) is 24.3 Å². The molecule has 0 aliphatic carbocycles. The number of aliphatic carboxylic acids is 1. The van der Waals surface area contributed by atoms with Gasteiger partial charge in [0.25, 0.3) is 0 Å². The molecule has 12 N–H and O–H groups in total. The maximum absolute atomic E-state index is 13.4. The molecule has 0 heterocycles. The smallest absolute Gasteiger partial charge is 0.328 e. The molecule has 0 bridgehead atoms. The highest BCUT2D eigenvalue weighted by Gasteiger charge is 2.32. The summed E-state index contributed by atoms with van der Waals surface area (Å²) in [5, 5.41) is 47.0. The summed E-state index contributed by atoms with van der Waals surface area (Å²) in [6.45, 7) is 2.30. The van der Waals surface area contributed by atoms with Crippen LogP contribution in [0.2, 0.25) is 0 Å². The summed E-state index contributed by atoms with van der Waals surface area (Å²) in [4.78, 5) is 63.0. The summed E-state index contributed by atoms with van der Waals surface area (Å²) in [5.74, 6) is -4.79. The molecule has 0 spiro atoms. The number of aliphatic hydroxyl groups is 2. The van der Waals surface area contributed by atoms with Crippen molar-refractivity contribution in [1.29, 1.82) is 0 Å². The summed E-state index contributed by atoms with van der Waals surface area (Å²) in [6.07, 6.45) is 1.81. The predicted octanol–water partition coefficient (Wildman–Crippen LogP) is -2.55. The maximum atomic E-state index is 13.4. The molecule has 1 rings (SSSR count). The zero-order valence-corrected chi connectivity index (χ0v) is 23.9. The molecule has 0 saturated heterocycles. The fourth-order valence-corrected chi connectivity index (χ4v) is 3.89. The second kappa shape index (κ2) is 18.6. The summed E-state index contributed by atoms with van der Waals surface area (Å²) >= 11 is 0. The van der Waals surface area contributed by atoms with E-state index in [2.05, 4.69) is 16.0 Å². The standard InChI is InChI=1S/C27H44N6O9/c1-15(2)11-19(30-23(37)18(29)5-3-4-10-28)24(38)31-20(12-16-6-8-17(36)9-7-16)25(39)32-21(13-34)26(40)33-22(14-35)27(41)42/h6-9,15,18-22,34-36H,3-5,10-14,28-29H2,1-2H3,(H,30,37)(H,31,38)(H,32,39)(H,33,40)(H,41,42)/t18-,19-,20-,21-,22-/m0/s1. The van der Waals surface area contributed by atoms with E-state index in [1.807, 2.05) is 19.2 Å². The Kier molecular flexibility index (Phi) is 16.1. The number of carboxylic acid groups (broad SMARTS) is 1. The van der Waals surface area contributed by atoms with Gasteiger partial charge in [-0.25, -0.2) is 4.79 Å². The lowest BCUT2D eigenvalue weighted by atomic mass is 10.00. The number of aliphatic hydroxyl groups excluding tert-OH is 2. The van der Waals surface area contributed by atoms with Gasteiger partial charge in [0.1, 0.15) is 29.9 Å². The van der Waals surface area contributed by atoms with Crippen molar-refractivity contribution in [2.24, 2.45) is 17.4 Å². The highest BCUT2D eigenvalue weighted by molar-refractivity contribution is 5.95. The van der Waals surface area contributed by atoms with Crippen LogP contribution in [0.25, 0.3) is 0 Å². The van der Waals surface area contributed by atoms with E-state index in [9.17, 15) is 34.2 Å². The maximum Gasteiger partial charge on any atom is 0.328 e. The number of nitrogens with one attached hydrogen (secondary N) is 4. The van der Waals surface area contributed by atoms with E-state index in [-0.39, 0.29) is 24.5 Å². The van der Waals surface area contributed by atoms with Crippen LogP contribution in [-0.2, 0) is 30.4 Å². The van der Waals surface area contributed by atoms with Crippen LogP contribution in [0.4, 0.5) is 0 Å². The molecule has 42 heavy (non-hydrogen) atoms. The van der Waals surface area contributed by atoms with E-state index in [0.29, 0.717) is 31.4 Å². The van der Waals surface area contributed by atoms with Gasteiger partial charge in [0.15, 0.2) is 0 Å². The lowest BCUT2D eigenvalue weighted by Crippen LogP contribution is -2.60. The SMILES string of the molecule is CC(C)C[C@H](NC(=O)[C@@H](N)CCCCN)C(=O)N[C@@H](Cc1ccc(O)cc1)C(=O)N[C@@H](CO)C(=O)N[C@@H](CO)C(=O)O. The number of carbonyl (C=O) groups excluding carboxylic acids is 4. The lowest BCUT2D eigenvalue weighted by molar-refractivity contribution is -0.143. The van der Waals surface area contributed by atoms with E-state index >= 15 is 0 Å². The minimum absolute atomic E-state index is 0.0276. The molecule has 0 aliphatic heterocycles. The quantitative estimate of drug-likeness (QED) is 0.0742. The molecule has 15 heteroatoms. The second-order valence-corrected chi connectivity index (χ2v) is 10.3. The van der Waals surface area contributed by atoms with Gasteiger partial charge in [-0.05, 0) is 49.4 Å². The molecule has 0 saturated carbocycles. The molecule has 236 valence electrons. The van der Waals surface area contributed by atoms with E-state index < -0.39 is 73.0 Å². The number of carbonyl (C=O) groups is 5. The van der Waals surface area contributed by atoms with E-state index in [4.69, 9.17) is 21.7 Å². The zero-order chi connectivity index (χ0) is 31.8. The van der Waals surface area contributed by atoms with Gasteiger partial charge >= 0.3 is 5.97 Å². The van der Waals surface area contributed by atoms with Crippen molar-refractivity contribution in [1.82, 2.24) is 21.3 Å². The zero-order valence-electron chi connectivity index (χ0n) is 23.9. The molecule has 15 nitrogen and oxygen atoms in total. The monoisotopic (exact) mass is 596 g/mol. The summed E-state index contributed by atoms with van der Waals surface area (Å²) in [7, 11) is 0. The van der Waals surface area contributed by atoms with E-state index in [1.54, 1.807) is 0 Å². The van der Waals surface area contributed by atoms with Gasteiger partial charge in [-0.2, -0.15) is 0 Å². The Balaban J connectivity index is 3.16. The first kappa shape index (κ1) is 36.2. The average Bonchev–Trinajstić information content (AvgIpc) is 2.94. The number of unbranched alkanes of at least 4 members (excludes halogenated alkanes) is 1. The third kappa shape index (κ3) is 12.8. The molecule has 0 aromatic heterocycles. The number of phenolic OH excluding ortho intramolecular Hbond substituents is 1. The molecule has 1 aromatic carbocycles. The third-order valence-electron chi connectivity index (χ3n) is 6.27. The fraction of sp³-hybridized carbons (Fsp3) is 0.593. The number of benzene rings is 1. The summed E-state index contributed by atoms with van der Waals surface area (Å²) in [6, 6.07) is -0.717. The van der Waals surface area contributed by atoms with Crippen LogP contribution >= 0.6 is 0 Å². The van der Waals surface area contributed by atoms with Crippen LogP contribution in [0.1, 0.15) is 45.1 Å². The van der Waals surface area contributed by atoms with Gasteiger partial charge in [0.2, 0.25) is 23.6 Å².